The van der Waals surface area contributed by atoms with Crippen molar-refractivity contribution in [2.45, 2.75) is 81.9 Å². The lowest BCUT2D eigenvalue weighted by molar-refractivity contribution is -0.0826. The van der Waals surface area contributed by atoms with E-state index in [0.717, 1.165) is 38.5 Å². The van der Waals surface area contributed by atoms with Crippen LogP contribution in [0.15, 0.2) is 6.20 Å². The topological polar surface area (TPSA) is 181 Å². The van der Waals surface area contributed by atoms with Gasteiger partial charge < -0.3 is 39.5 Å². The monoisotopic (exact) mass is 551 g/mol. The van der Waals surface area contributed by atoms with Crippen LogP contribution in [-0.4, -0.2) is 90.3 Å². The fourth-order valence-electron chi connectivity index (χ4n) is 4.72. The summed E-state index contributed by atoms with van der Waals surface area (Å²) in [6, 6.07) is 0.281. The molecule has 2 aliphatic carbocycles. The number of anilines is 1. The maximum atomic E-state index is 11.7. The third-order valence-electron chi connectivity index (χ3n) is 7.34. The van der Waals surface area contributed by atoms with E-state index in [4.69, 9.17) is 14.2 Å². The van der Waals surface area contributed by atoms with E-state index in [2.05, 4.69) is 39.1 Å². The summed E-state index contributed by atoms with van der Waals surface area (Å²) in [6.45, 7) is 1.36. The molecule has 5 rings (SSSR count). The number of aromatic nitrogens is 4. The number of hydrogen-bond donors (Lipinski definition) is 5. The number of hydrogen-bond acceptors (Lipinski definition) is 10. The van der Waals surface area contributed by atoms with E-state index < -0.39 is 38.0 Å². The smallest absolute Gasteiger partial charge is 0.356 e. The highest BCUT2D eigenvalue weighted by atomic mass is 31.2. The zero-order valence-corrected chi connectivity index (χ0v) is 22.3. The van der Waals surface area contributed by atoms with Crippen LogP contribution in [0.4, 0.5) is 5.82 Å². The molecule has 3 fully saturated rings. The normalized spacial score (nSPS) is 27.8. The molecule has 0 radical (unpaired) electrons. The van der Waals surface area contributed by atoms with E-state index in [0.29, 0.717) is 22.7 Å². The van der Waals surface area contributed by atoms with Crippen molar-refractivity contribution < 1.29 is 38.8 Å². The summed E-state index contributed by atoms with van der Waals surface area (Å²) >= 11 is 0. The molecule has 3 heterocycles. The minimum atomic E-state index is -4.62. The molecule has 14 heteroatoms. The van der Waals surface area contributed by atoms with Crippen molar-refractivity contribution in [3.8, 4) is 11.8 Å². The van der Waals surface area contributed by atoms with Gasteiger partial charge in [-0.2, -0.15) is 5.10 Å². The van der Waals surface area contributed by atoms with Gasteiger partial charge in [-0.05, 0) is 38.5 Å². The summed E-state index contributed by atoms with van der Waals surface area (Å²) in [4.78, 5) is 28.2. The quantitative estimate of drug-likeness (QED) is 0.222. The largest absolute Gasteiger partial charge is 0.387 e. The van der Waals surface area contributed by atoms with E-state index in [-0.39, 0.29) is 24.7 Å². The van der Waals surface area contributed by atoms with Gasteiger partial charge in [0.25, 0.3) is 0 Å². The molecule has 3 aliphatic rings. The molecular formula is C24H34N5O8P. The Morgan fingerprint density at radius 3 is 2.66 bits per heavy atom. The number of aliphatic hydroxyl groups excluding tert-OH is 2. The number of aliphatic hydroxyl groups is 2. The Labute approximate surface area is 220 Å². The molecule has 5 atom stereocenters. The van der Waals surface area contributed by atoms with E-state index in [1.54, 1.807) is 6.20 Å². The molecule has 2 saturated carbocycles. The number of nitrogens with zero attached hydrogens (tertiary/aromatic N) is 4. The van der Waals surface area contributed by atoms with Gasteiger partial charge in [-0.3, -0.25) is 4.57 Å². The molecule has 5 N–H and O–H groups in total. The zero-order valence-electron chi connectivity index (χ0n) is 21.4. The molecule has 208 valence electrons. The van der Waals surface area contributed by atoms with Crippen LogP contribution in [0.5, 0.6) is 0 Å². The highest BCUT2D eigenvalue weighted by molar-refractivity contribution is 7.52. The second-order valence-electron chi connectivity index (χ2n) is 10.5. The average molecular weight is 552 g/mol. The Kier molecular flexibility index (Phi) is 7.79. The Morgan fingerprint density at radius 1 is 1.26 bits per heavy atom. The molecule has 2 aromatic rings. The van der Waals surface area contributed by atoms with Gasteiger partial charge in [0.15, 0.2) is 17.7 Å². The Hall–Kier alpha value is -2.14. The lowest BCUT2D eigenvalue weighted by Crippen LogP contribution is -2.35. The van der Waals surface area contributed by atoms with Crippen LogP contribution < -0.4 is 5.32 Å². The fraction of sp³-hybridized carbons (Fsp3) is 0.708. The molecule has 13 nitrogen and oxygen atoms in total. The number of ether oxygens (including phenoxy) is 3. The lowest BCUT2D eigenvalue weighted by atomic mass is 10.1. The van der Waals surface area contributed by atoms with Gasteiger partial charge in [0.2, 0.25) is 5.82 Å². The predicted octanol–water partition coefficient (Wildman–Crippen LogP) is 1.12. The first-order valence-corrected chi connectivity index (χ1v) is 14.5. The predicted molar refractivity (Wildman–Crippen MR) is 135 cm³/mol. The van der Waals surface area contributed by atoms with Crippen molar-refractivity contribution in [2.75, 3.05) is 25.6 Å². The first kappa shape index (κ1) is 27.4. The first-order valence-electron chi connectivity index (χ1n) is 12.8. The molecule has 0 aromatic carbocycles. The van der Waals surface area contributed by atoms with Crippen LogP contribution in [0.1, 0.15) is 57.5 Å². The standard InChI is InChI=1S/C24H34N5O8P/c1-24(9-10-24)8-7-17-27-21(26-14-5-3-4-6-14)15-11-25-29(22(15)28-17)23-20(31)19(30)16(37-23)12-36-18(13-35-2)38(32,33)34/h11,14,16,18-20,23,30-31H,3-6,9-10,12-13H2,1-2H3,(H,26,27,28)(H2,32,33,34)/t16-,18?,19-,20-,23-/m1/s1. The van der Waals surface area contributed by atoms with Crippen molar-refractivity contribution in [2.24, 2.45) is 5.41 Å². The van der Waals surface area contributed by atoms with Crippen molar-refractivity contribution in [3.05, 3.63) is 12.0 Å². The van der Waals surface area contributed by atoms with Crippen LogP contribution in [0.2, 0.25) is 0 Å². The van der Waals surface area contributed by atoms with Gasteiger partial charge in [0.05, 0.1) is 24.8 Å². The van der Waals surface area contributed by atoms with Crippen LogP contribution in [-0.2, 0) is 18.8 Å². The maximum Gasteiger partial charge on any atom is 0.356 e. The summed E-state index contributed by atoms with van der Waals surface area (Å²) in [5, 5.41) is 30.0. The minimum absolute atomic E-state index is 0.0204. The van der Waals surface area contributed by atoms with Gasteiger partial charge in [0.1, 0.15) is 24.1 Å². The van der Waals surface area contributed by atoms with Crippen molar-refractivity contribution in [1.29, 1.82) is 0 Å². The third-order valence-corrected chi connectivity index (χ3v) is 8.39. The molecular weight excluding hydrogens is 517 g/mol. The van der Waals surface area contributed by atoms with E-state index >= 15 is 0 Å². The van der Waals surface area contributed by atoms with Crippen molar-refractivity contribution in [1.82, 2.24) is 19.7 Å². The first-order chi connectivity index (χ1) is 18.1. The second-order valence-corrected chi connectivity index (χ2v) is 12.3. The van der Waals surface area contributed by atoms with Gasteiger partial charge in [-0.15, -0.1) is 0 Å². The average Bonchev–Trinajstić information content (AvgIpc) is 3.20. The summed E-state index contributed by atoms with van der Waals surface area (Å²) in [5.41, 5.74) is 0.365. The molecule has 0 bridgehead atoms. The molecule has 38 heavy (non-hydrogen) atoms. The number of rotatable bonds is 9. The van der Waals surface area contributed by atoms with Gasteiger partial charge in [0, 0.05) is 18.6 Å². The third kappa shape index (κ3) is 5.88. The Bertz CT molecular complexity index is 1260. The van der Waals surface area contributed by atoms with E-state index in [1.807, 2.05) is 0 Å². The van der Waals surface area contributed by atoms with Crippen LogP contribution in [0.25, 0.3) is 11.0 Å². The Balaban J connectivity index is 1.42. The van der Waals surface area contributed by atoms with Gasteiger partial charge in [-0.25, -0.2) is 14.6 Å². The van der Waals surface area contributed by atoms with Crippen molar-refractivity contribution >= 4 is 24.4 Å². The van der Waals surface area contributed by atoms with Crippen LogP contribution in [0.3, 0.4) is 0 Å². The van der Waals surface area contributed by atoms with E-state index in [1.165, 1.54) is 11.8 Å². The fourth-order valence-corrected chi connectivity index (χ4v) is 5.34. The highest BCUT2D eigenvalue weighted by Crippen LogP contribution is 2.44. The summed E-state index contributed by atoms with van der Waals surface area (Å²) in [7, 11) is -3.33. The van der Waals surface area contributed by atoms with Gasteiger partial charge >= 0.3 is 7.60 Å². The molecule has 0 spiro atoms. The lowest BCUT2D eigenvalue weighted by Gasteiger charge is -2.21. The molecule has 1 aliphatic heterocycles. The zero-order chi connectivity index (χ0) is 27.1. The molecule has 0 amide bonds. The maximum absolute atomic E-state index is 11.7. The highest BCUT2D eigenvalue weighted by Gasteiger charge is 2.46. The summed E-state index contributed by atoms with van der Waals surface area (Å²) in [5.74, 6) is 5.73. The molecule has 1 unspecified atom stereocenters. The van der Waals surface area contributed by atoms with Crippen molar-refractivity contribution in [3.63, 3.8) is 0 Å². The van der Waals surface area contributed by atoms with E-state index in [9.17, 15) is 24.6 Å². The number of methoxy groups -OCH3 is 1. The Morgan fingerprint density at radius 2 is 2.00 bits per heavy atom. The summed E-state index contributed by atoms with van der Waals surface area (Å²) < 4.78 is 29.1. The second kappa shape index (κ2) is 10.8. The number of fused-ring (bicyclic) bond motifs is 1. The SMILES string of the molecule is COCC(OC[C@H]1O[C@@H](n2ncc3c(NC4CCCC4)nc(C#CC4(C)CC4)nc32)[C@H](O)[C@@H]1O)P(=O)(O)O. The number of nitrogens with one attached hydrogen (secondary N) is 1. The summed E-state index contributed by atoms with van der Waals surface area (Å²) in [6.07, 6.45) is 3.02. The van der Waals surface area contributed by atoms with Crippen LogP contribution >= 0.6 is 7.60 Å². The molecule has 1 saturated heterocycles. The molecule has 2 aromatic heterocycles. The minimum Gasteiger partial charge on any atom is -0.387 e. The van der Waals surface area contributed by atoms with Crippen LogP contribution in [0, 0.1) is 17.3 Å². The van der Waals surface area contributed by atoms with Gasteiger partial charge in [-0.1, -0.05) is 18.8 Å².